The summed E-state index contributed by atoms with van der Waals surface area (Å²) in [6.07, 6.45) is 4.20. The molecule has 1 amide bonds. The van der Waals surface area contributed by atoms with Gasteiger partial charge in [-0.3, -0.25) is 4.79 Å². The van der Waals surface area contributed by atoms with E-state index < -0.39 is 0 Å². The molecule has 1 aliphatic rings. The van der Waals surface area contributed by atoms with Gasteiger partial charge in [-0.05, 0) is 25.0 Å². The summed E-state index contributed by atoms with van der Waals surface area (Å²) in [6.45, 7) is 0.500. The maximum Gasteiger partial charge on any atom is 0.226 e. The Labute approximate surface area is 133 Å². The summed E-state index contributed by atoms with van der Waals surface area (Å²) < 4.78 is 0. The minimum Gasteiger partial charge on any atom is -0.348 e. The number of hydrogen-bond donors (Lipinski definition) is 2. The van der Waals surface area contributed by atoms with Crippen LogP contribution < -0.4 is 0 Å². The molecule has 1 aliphatic carbocycles. The Morgan fingerprint density at radius 1 is 1.39 bits per heavy atom. The summed E-state index contributed by atoms with van der Waals surface area (Å²) in [6, 6.07) is 7.90. The van der Waals surface area contributed by atoms with Crippen LogP contribution in [0.5, 0.6) is 0 Å². The molecule has 0 radical (unpaired) electrons. The second-order valence-electron chi connectivity index (χ2n) is 6.16. The van der Waals surface area contributed by atoms with Gasteiger partial charge in [0.2, 0.25) is 5.91 Å². The van der Waals surface area contributed by atoms with Crippen molar-refractivity contribution >= 4 is 16.9 Å². The first-order valence-electron chi connectivity index (χ1n) is 7.90. The summed E-state index contributed by atoms with van der Waals surface area (Å²) in [5, 5.41) is 0. The molecular formula is C17H19N5O. The van der Waals surface area contributed by atoms with Crippen molar-refractivity contribution in [1.29, 1.82) is 0 Å². The van der Waals surface area contributed by atoms with Crippen LogP contribution >= 0.6 is 0 Å². The second-order valence-corrected chi connectivity index (χ2v) is 6.16. The van der Waals surface area contributed by atoms with E-state index in [1.54, 1.807) is 11.2 Å². The average Bonchev–Trinajstić information content (AvgIpc) is 3.18. The third kappa shape index (κ3) is 2.60. The van der Waals surface area contributed by atoms with Crippen molar-refractivity contribution in [3.63, 3.8) is 0 Å². The summed E-state index contributed by atoms with van der Waals surface area (Å²) in [5.41, 5.74) is 4.15. The molecule has 6 nitrogen and oxygen atoms in total. The standard InChI is InChI=1S/C17H19N5O/c1-22(9-16-20-13-4-2-3-5-14(13)21-16)17(23)11-6-7-12-15(8-11)19-10-18-12/h2-5,10-11H,6-9H2,1H3,(H,18,19)(H,20,21)/t11-/m1/s1. The van der Waals surface area contributed by atoms with E-state index in [2.05, 4.69) is 19.9 Å². The van der Waals surface area contributed by atoms with Gasteiger partial charge < -0.3 is 14.9 Å². The van der Waals surface area contributed by atoms with Crippen molar-refractivity contribution in [3.05, 3.63) is 47.8 Å². The molecule has 3 aromatic rings. The third-order valence-electron chi connectivity index (χ3n) is 4.54. The van der Waals surface area contributed by atoms with Gasteiger partial charge >= 0.3 is 0 Å². The van der Waals surface area contributed by atoms with Crippen LogP contribution in [0.2, 0.25) is 0 Å². The zero-order chi connectivity index (χ0) is 15.8. The van der Waals surface area contributed by atoms with E-state index in [1.807, 2.05) is 31.3 Å². The van der Waals surface area contributed by atoms with E-state index in [9.17, 15) is 4.79 Å². The van der Waals surface area contributed by atoms with Crippen LogP contribution in [0.4, 0.5) is 0 Å². The number of aromatic amines is 2. The zero-order valence-electron chi connectivity index (χ0n) is 13.0. The Balaban J connectivity index is 1.46. The Morgan fingerprint density at radius 2 is 2.26 bits per heavy atom. The molecular weight excluding hydrogens is 290 g/mol. The number of amides is 1. The van der Waals surface area contributed by atoms with Gasteiger partial charge in [0.15, 0.2) is 0 Å². The minimum atomic E-state index is 0.0253. The fraction of sp³-hybridized carbons (Fsp3) is 0.353. The molecule has 0 bridgehead atoms. The van der Waals surface area contributed by atoms with Gasteiger partial charge in [0.1, 0.15) is 5.82 Å². The Hall–Kier alpha value is -2.63. The molecule has 0 fully saturated rings. The van der Waals surface area contributed by atoms with E-state index in [0.29, 0.717) is 6.54 Å². The van der Waals surface area contributed by atoms with E-state index >= 15 is 0 Å². The maximum atomic E-state index is 12.7. The molecule has 2 aromatic heterocycles. The van der Waals surface area contributed by atoms with Crippen molar-refractivity contribution in [1.82, 2.24) is 24.8 Å². The predicted molar refractivity (Wildman–Crippen MR) is 86.7 cm³/mol. The lowest BCUT2D eigenvalue weighted by Crippen LogP contribution is -2.35. The highest BCUT2D eigenvalue weighted by Gasteiger charge is 2.28. The van der Waals surface area contributed by atoms with Gasteiger partial charge in [-0.25, -0.2) is 9.97 Å². The minimum absolute atomic E-state index is 0.0253. The summed E-state index contributed by atoms with van der Waals surface area (Å²) in [4.78, 5) is 29.7. The molecule has 0 saturated heterocycles. The number of imidazole rings is 2. The number of H-pyrrole nitrogens is 2. The number of fused-ring (bicyclic) bond motifs is 2. The van der Waals surface area contributed by atoms with Crippen LogP contribution in [0, 0.1) is 5.92 Å². The SMILES string of the molecule is CN(Cc1nc2ccccc2[nH]1)C(=O)[C@@H]1CCc2nc[nH]c2C1. The normalized spacial score (nSPS) is 17.2. The first kappa shape index (κ1) is 14.0. The molecule has 1 aromatic carbocycles. The molecule has 2 N–H and O–H groups in total. The fourth-order valence-corrected chi connectivity index (χ4v) is 3.31. The molecule has 4 rings (SSSR count). The number of nitrogens with zero attached hydrogens (tertiary/aromatic N) is 3. The van der Waals surface area contributed by atoms with E-state index in [0.717, 1.165) is 47.5 Å². The van der Waals surface area contributed by atoms with E-state index in [4.69, 9.17) is 0 Å². The lowest BCUT2D eigenvalue weighted by atomic mass is 9.89. The number of carbonyl (C=O) groups excluding carboxylic acids is 1. The van der Waals surface area contributed by atoms with Crippen LogP contribution in [-0.4, -0.2) is 37.8 Å². The maximum absolute atomic E-state index is 12.7. The highest BCUT2D eigenvalue weighted by atomic mass is 16.2. The van der Waals surface area contributed by atoms with Gasteiger partial charge in [-0.1, -0.05) is 12.1 Å². The van der Waals surface area contributed by atoms with Crippen LogP contribution in [0.1, 0.15) is 23.6 Å². The van der Waals surface area contributed by atoms with Crippen LogP contribution in [-0.2, 0) is 24.2 Å². The Bertz CT molecular complexity index is 816. The van der Waals surface area contributed by atoms with Crippen molar-refractivity contribution in [2.75, 3.05) is 7.05 Å². The third-order valence-corrected chi connectivity index (χ3v) is 4.54. The number of rotatable bonds is 3. The van der Waals surface area contributed by atoms with Crippen LogP contribution in [0.3, 0.4) is 0 Å². The Kier molecular flexibility index (Phi) is 3.37. The quantitative estimate of drug-likeness (QED) is 0.777. The monoisotopic (exact) mass is 309 g/mol. The first-order chi connectivity index (χ1) is 11.2. The van der Waals surface area contributed by atoms with Crippen LogP contribution in [0.25, 0.3) is 11.0 Å². The highest BCUT2D eigenvalue weighted by molar-refractivity contribution is 5.79. The highest BCUT2D eigenvalue weighted by Crippen LogP contribution is 2.24. The van der Waals surface area contributed by atoms with Gasteiger partial charge in [0.05, 0.1) is 29.6 Å². The van der Waals surface area contributed by atoms with E-state index in [1.165, 1.54) is 0 Å². The molecule has 2 heterocycles. The topological polar surface area (TPSA) is 77.7 Å². The van der Waals surface area contributed by atoms with Gasteiger partial charge in [0, 0.05) is 25.1 Å². The van der Waals surface area contributed by atoms with Gasteiger partial charge in [-0.2, -0.15) is 0 Å². The lowest BCUT2D eigenvalue weighted by molar-refractivity contribution is -0.135. The smallest absolute Gasteiger partial charge is 0.226 e. The van der Waals surface area contributed by atoms with Crippen LogP contribution in [0.15, 0.2) is 30.6 Å². The van der Waals surface area contributed by atoms with Gasteiger partial charge in [0.25, 0.3) is 0 Å². The zero-order valence-corrected chi connectivity index (χ0v) is 13.0. The van der Waals surface area contributed by atoms with Crippen molar-refractivity contribution in [2.24, 2.45) is 5.92 Å². The van der Waals surface area contributed by atoms with Crippen molar-refractivity contribution in [3.8, 4) is 0 Å². The fourth-order valence-electron chi connectivity index (χ4n) is 3.31. The summed E-state index contributed by atoms with van der Waals surface area (Å²) >= 11 is 0. The largest absolute Gasteiger partial charge is 0.348 e. The molecule has 0 aliphatic heterocycles. The molecule has 6 heteroatoms. The number of carbonyl (C=O) groups is 1. The number of aryl methyl sites for hydroxylation is 1. The number of hydrogen-bond acceptors (Lipinski definition) is 3. The predicted octanol–water partition coefficient (Wildman–Crippen LogP) is 2.05. The number of benzene rings is 1. The number of nitrogens with one attached hydrogen (secondary N) is 2. The molecule has 0 spiro atoms. The molecule has 118 valence electrons. The number of aromatic nitrogens is 4. The summed E-state index contributed by atoms with van der Waals surface area (Å²) in [5.74, 6) is 1.02. The van der Waals surface area contributed by atoms with Gasteiger partial charge in [-0.15, -0.1) is 0 Å². The molecule has 0 saturated carbocycles. The second kappa shape index (κ2) is 5.53. The molecule has 23 heavy (non-hydrogen) atoms. The lowest BCUT2D eigenvalue weighted by Gasteiger charge is -2.25. The van der Waals surface area contributed by atoms with Crippen molar-refractivity contribution < 1.29 is 4.79 Å². The first-order valence-corrected chi connectivity index (χ1v) is 7.90. The average molecular weight is 309 g/mol. The Morgan fingerprint density at radius 3 is 3.13 bits per heavy atom. The number of para-hydroxylation sites is 2. The molecule has 1 atom stereocenters. The summed E-state index contributed by atoms with van der Waals surface area (Å²) in [7, 11) is 1.85. The molecule has 0 unspecified atom stereocenters. The van der Waals surface area contributed by atoms with Crippen molar-refractivity contribution in [2.45, 2.75) is 25.8 Å². The van der Waals surface area contributed by atoms with E-state index in [-0.39, 0.29) is 11.8 Å².